The summed E-state index contributed by atoms with van der Waals surface area (Å²) in [5.41, 5.74) is 1.41. The summed E-state index contributed by atoms with van der Waals surface area (Å²) >= 11 is 0. The van der Waals surface area contributed by atoms with Crippen molar-refractivity contribution in [1.82, 2.24) is 0 Å². The van der Waals surface area contributed by atoms with Crippen molar-refractivity contribution in [3.8, 4) is 23.0 Å². The number of ether oxygens (including phenoxy) is 6. The average molecular weight is 346 g/mol. The molecule has 6 nitrogen and oxygen atoms in total. The maximum atomic E-state index is 6.10. The van der Waals surface area contributed by atoms with Gasteiger partial charge in [-0.2, -0.15) is 0 Å². The topological polar surface area (TPSA) is 55.4 Å². The van der Waals surface area contributed by atoms with E-state index in [2.05, 4.69) is 0 Å². The average Bonchev–Trinajstić information content (AvgIpc) is 3.17. The van der Waals surface area contributed by atoms with Gasteiger partial charge in [-0.3, -0.25) is 0 Å². The molecule has 0 spiro atoms. The normalized spacial score (nSPS) is 15.7. The van der Waals surface area contributed by atoms with Crippen LogP contribution in [-0.4, -0.2) is 41.7 Å². The van der Waals surface area contributed by atoms with Crippen LogP contribution in [0.4, 0.5) is 0 Å². The zero-order valence-electron chi connectivity index (χ0n) is 14.8. The first-order valence-electron chi connectivity index (χ1n) is 7.92. The highest BCUT2D eigenvalue weighted by Gasteiger charge is 2.46. The minimum absolute atomic E-state index is 0.445. The van der Waals surface area contributed by atoms with Gasteiger partial charge in [0.15, 0.2) is 23.0 Å². The first kappa shape index (κ1) is 17.4. The van der Waals surface area contributed by atoms with Gasteiger partial charge in [0.05, 0.1) is 52.8 Å². The Morgan fingerprint density at radius 2 is 1.12 bits per heavy atom. The van der Waals surface area contributed by atoms with Crippen molar-refractivity contribution in [2.24, 2.45) is 0 Å². The molecule has 2 aromatic rings. The molecule has 1 aliphatic rings. The Morgan fingerprint density at radius 3 is 1.48 bits per heavy atom. The highest BCUT2D eigenvalue weighted by molar-refractivity contribution is 5.57. The van der Waals surface area contributed by atoms with Crippen LogP contribution in [0.1, 0.15) is 11.1 Å². The van der Waals surface area contributed by atoms with Gasteiger partial charge in [0.1, 0.15) is 0 Å². The molecule has 1 saturated heterocycles. The lowest BCUT2D eigenvalue weighted by Crippen LogP contribution is -2.30. The maximum absolute atomic E-state index is 6.10. The Bertz CT molecular complexity index is 679. The summed E-state index contributed by atoms with van der Waals surface area (Å²) in [6, 6.07) is 11.2. The predicted molar refractivity (Wildman–Crippen MR) is 91.8 cm³/mol. The summed E-state index contributed by atoms with van der Waals surface area (Å²) in [7, 11) is 6.37. The van der Waals surface area contributed by atoms with Gasteiger partial charge in [-0.25, -0.2) is 0 Å². The van der Waals surface area contributed by atoms with E-state index in [-0.39, 0.29) is 0 Å². The summed E-state index contributed by atoms with van der Waals surface area (Å²) in [5, 5.41) is 0. The van der Waals surface area contributed by atoms with E-state index in [4.69, 9.17) is 28.4 Å². The molecule has 0 aliphatic carbocycles. The Hall–Kier alpha value is -2.44. The molecular formula is C19H22O6. The second kappa shape index (κ2) is 7.21. The standard InChI is InChI=1S/C19H22O6/c1-20-15-9-5-7-13(17(15)22-3)19(24-11-12-25-19)14-8-6-10-16(21-2)18(14)23-4/h5-10H,11-12H2,1-4H3. The molecule has 3 rings (SSSR count). The second-order valence-electron chi connectivity index (χ2n) is 5.40. The lowest BCUT2D eigenvalue weighted by molar-refractivity contribution is -0.132. The Labute approximate surface area is 147 Å². The zero-order chi connectivity index (χ0) is 17.9. The van der Waals surface area contributed by atoms with Gasteiger partial charge in [0.25, 0.3) is 0 Å². The fourth-order valence-corrected chi connectivity index (χ4v) is 3.16. The third-order valence-electron chi connectivity index (χ3n) is 4.21. The maximum Gasteiger partial charge on any atom is 0.230 e. The molecule has 1 heterocycles. The number of rotatable bonds is 6. The van der Waals surface area contributed by atoms with E-state index < -0.39 is 5.79 Å². The van der Waals surface area contributed by atoms with Crippen LogP contribution in [0.2, 0.25) is 0 Å². The highest BCUT2D eigenvalue weighted by Crippen LogP contribution is 2.50. The van der Waals surface area contributed by atoms with Crippen LogP contribution < -0.4 is 18.9 Å². The van der Waals surface area contributed by atoms with E-state index >= 15 is 0 Å². The summed E-state index contributed by atoms with van der Waals surface area (Å²) in [5.74, 6) is 1.13. The number of hydrogen-bond donors (Lipinski definition) is 0. The summed E-state index contributed by atoms with van der Waals surface area (Å²) < 4.78 is 34.3. The number of methoxy groups -OCH3 is 4. The van der Waals surface area contributed by atoms with E-state index in [1.807, 2.05) is 36.4 Å². The first-order valence-corrected chi connectivity index (χ1v) is 7.92. The van der Waals surface area contributed by atoms with Crippen molar-refractivity contribution in [1.29, 1.82) is 0 Å². The van der Waals surface area contributed by atoms with Crippen LogP contribution in [0.3, 0.4) is 0 Å². The van der Waals surface area contributed by atoms with Gasteiger partial charge in [-0.15, -0.1) is 0 Å². The van der Waals surface area contributed by atoms with Crippen molar-refractivity contribution in [2.75, 3.05) is 41.7 Å². The third-order valence-corrected chi connectivity index (χ3v) is 4.21. The molecule has 6 heteroatoms. The minimum Gasteiger partial charge on any atom is -0.493 e. The van der Waals surface area contributed by atoms with E-state index in [9.17, 15) is 0 Å². The fraction of sp³-hybridized carbons (Fsp3) is 0.368. The van der Waals surface area contributed by atoms with Gasteiger partial charge >= 0.3 is 0 Å². The van der Waals surface area contributed by atoms with E-state index in [0.29, 0.717) is 47.3 Å². The van der Waals surface area contributed by atoms with Crippen molar-refractivity contribution in [3.05, 3.63) is 47.5 Å². The molecule has 134 valence electrons. The molecule has 0 N–H and O–H groups in total. The lowest BCUT2D eigenvalue weighted by Gasteiger charge is -2.31. The molecule has 0 saturated carbocycles. The molecule has 25 heavy (non-hydrogen) atoms. The largest absolute Gasteiger partial charge is 0.493 e. The number of hydrogen-bond acceptors (Lipinski definition) is 6. The lowest BCUT2D eigenvalue weighted by atomic mass is 9.94. The van der Waals surface area contributed by atoms with E-state index in [1.165, 1.54) is 0 Å². The highest BCUT2D eigenvalue weighted by atomic mass is 16.7. The minimum atomic E-state index is -1.17. The molecule has 0 atom stereocenters. The van der Waals surface area contributed by atoms with Gasteiger partial charge < -0.3 is 28.4 Å². The van der Waals surface area contributed by atoms with Gasteiger partial charge in [0, 0.05) is 0 Å². The van der Waals surface area contributed by atoms with Crippen molar-refractivity contribution >= 4 is 0 Å². The van der Waals surface area contributed by atoms with Crippen LogP contribution in [-0.2, 0) is 15.3 Å². The number of benzene rings is 2. The second-order valence-corrected chi connectivity index (χ2v) is 5.40. The van der Waals surface area contributed by atoms with Crippen molar-refractivity contribution in [2.45, 2.75) is 5.79 Å². The molecule has 0 radical (unpaired) electrons. The predicted octanol–water partition coefficient (Wildman–Crippen LogP) is 2.97. The summed E-state index contributed by atoms with van der Waals surface area (Å²) in [6.45, 7) is 0.890. The molecule has 1 fully saturated rings. The van der Waals surface area contributed by atoms with Crippen LogP contribution >= 0.6 is 0 Å². The van der Waals surface area contributed by atoms with Crippen LogP contribution in [0.5, 0.6) is 23.0 Å². The quantitative estimate of drug-likeness (QED) is 0.802. The van der Waals surface area contributed by atoms with Crippen LogP contribution in [0.25, 0.3) is 0 Å². The third kappa shape index (κ3) is 2.77. The molecule has 1 aliphatic heterocycles. The van der Waals surface area contributed by atoms with Crippen molar-refractivity contribution < 1.29 is 28.4 Å². The van der Waals surface area contributed by atoms with Gasteiger partial charge in [0.2, 0.25) is 5.79 Å². The Balaban J connectivity index is 2.27. The molecule has 0 aromatic heterocycles. The molecule has 2 aromatic carbocycles. The van der Waals surface area contributed by atoms with Crippen LogP contribution in [0, 0.1) is 0 Å². The zero-order valence-corrected chi connectivity index (χ0v) is 14.8. The molecule has 0 bridgehead atoms. The Morgan fingerprint density at radius 1 is 0.680 bits per heavy atom. The summed E-state index contributed by atoms with van der Waals surface area (Å²) in [4.78, 5) is 0. The van der Waals surface area contributed by atoms with Gasteiger partial charge in [-0.05, 0) is 24.3 Å². The fourth-order valence-electron chi connectivity index (χ4n) is 3.16. The van der Waals surface area contributed by atoms with E-state index in [1.54, 1.807) is 28.4 Å². The molecular weight excluding hydrogens is 324 g/mol. The number of para-hydroxylation sites is 2. The SMILES string of the molecule is COc1cccc(C2(c3cccc(OC)c3OC)OCCO2)c1OC. The van der Waals surface area contributed by atoms with Crippen molar-refractivity contribution in [3.63, 3.8) is 0 Å². The monoisotopic (exact) mass is 346 g/mol. The first-order chi connectivity index (χ1) is 12.2. The van der Waals surface area contributed by atoms with Crippen LogP contribution in [0.15, 0.2) is 36.4 Å². The molecule has 0 amide bonds. The van der Waals surface area contributed by atoms with Gasteiger partial charge in [-0.1, -0.05) is 12.1 Å². The smallest absolute Gasteiger partial charge is 0.230 e. The molecule has 0 unspecified atom stereocenters. The summed E-state index contributed by atoms with van der Waals surface area (Å²) in [6.07, 6.45) is 0. The Kier molecular flexibility index (Phi) is 5.01. The van der Waals surface area contributed by atoms with E-state index in [0.717, 1.165) is 0 Å².